The van der Waals surface area contributed by atoms with Crippen LogP contribution in [0.1, 0.15) is 44.3 Å². The van der Waals surface area contributed by atoms with Crippen molar-refractivity contribution in [3.8, 4) is 0 Å². The normalized spacial score (nSPS) is 23.1. The largest absolute Gasteiger partial charge is 0.490 e. The number of hydrogen-bond donors (Lipinski definition) is 1. The van der Waals surface area contributed by atoms with Gasteiger partial charge in [0.1, 0.15) is 5.76 Å². The zero-order chi connectivity index (χ0) is 23.4. The highest BCUT2D eigenvalue weighted by atomic mass is 19.4. The van der Waals surface area contributed by atoms with Crippen LogP contribution < -0.4 is 0 Å². The van der Waals surface area contributed by atoms with Crippen molar-refractivity contribution in [2.24, 2.45) is 5.92 Å². The van der Waals surface area contributed by atoms with Crippen molar-refractivity contribution in [1.82, 2.24) is 9.80 Å². The number of furan rings is 1. The molecule has 2 saturated heterocycles. The molecule has 3 aliphatic rings. The van der Waals surface area contributed by atoms with Crippen molar-refractivity contribution in [3.05, 3.63) is 24.2 Å². The second kappa shape index (κ2) is 10.2. The maximum Gasteiger partial charge on any atom is 0.490 e. The molecule has 0 aromatic carbocycles. The number of ether oxygens (including phenoxy) is 1. The highest BCUT2D eigenvalue weighted by Gasteiger charge is 2.49. The first-order chi connectivity index (χ1) is 15.1. The highest BCUT2D eigenvalue weighted by molar-refractivity contribution is 5.78. The van der Waals surface area contributed by atoms with Crippen LogP contribution in [0.25, 0.3) is 0 Å². The summed E-state index contributed by atoms with van der Waals surface area (Å²) in [5.74, 6) is -0.896. The summed E-state index contributed by atoms with van der Waals surface area (Å²) in [5.41, 5.74) is 0.299. The molecule has 2 aliphatic heterocycles. The average molecular weight is 460 g/mol. The second-order valence-corrected chi connectivity index (χ2v) is 8.91. The maximum atomic E-state index is 12.5. The highest BCUT2D eigenvalue weighted by Crippen LogP contribution is 2.44. The fraction of sp³-hybridized carbons (Fsp3) is 0.727. The Kier molecular flexibility index (Phi) is 7.87. The Morgan fingerprint density at radius 1 is 1.22 bits per heavy atom. The Balaban J connectivity index is 0.000000360. The lowest BCUT2D eigenvalue weighted by atomic mass is 9.84. The number of carboxylic acid groups (broad SMARTS) is 1. The third-order valence-corrected chi connectivity index (χ3v) is 6.70. The van der Waals surface area contributed by atoms with Crippen LogP contribution in [-0.2, 0) is 20.7 Å². The Labute approximate surface area is 185 Å². The molecule has 10 heteroatoms. The van der Waals surface area contributed by atoms with Crippen LogP contribution in [0.5, 0.6) is 0 Å². The number of carbonyl (C=O) groups excluding carboxylic acids is 1. The van der Waals surface area contributed by atoms with E-state index in [-0.39, 0.29) is 5.91 Å². The molecule has 0 bridgehead atoms. The van der Waals surface area contributed by atoms with E-state index in [1.54, 1.807) is 6.26 Å². The van der Waals surface area contributed by atoms with E-state index < -0.39 is 12.1 Å². The molecule has 1 saturated carbocycles. The Morgan fingerprint density at radius 2 is 1.88 bits per heavy atom. The second-order valence-electron chi connectivity index (χ2n) is 8.91. The van der Waals surface area contributed by atoms with E-state index >= 15 is 0 Å². The molecule has 0 radical (unpaired) electrons. The van der Waals surface area contributed by atoms with Gasteiger partial charge >= 0.3 is 12.1 Å². The van der Waals surface area contributed by atoms with Crippen LogP contribution in [-0.4, -0.2) is 77.9 Å². The predicted octanol–water partition coefficient (Wildman–Crippen LogP) is 3.34. The monoisotopic (exact) mass is 460 g/mol. The molecule has 1 N–H and O–H groups in total. The van der Waals surface area contributed by atoms with E-state index in [4.69, 9.17) is 19.1 Å². The fourth-order valence-corrected chi connectivity index (χ4v) is 4.79. The number of nitrogens with zero attached hydrogens (tertiary/aromatic N) is 2. The van der Waals surface area contributed by atoms with Gasteiger partial charge < -0.3 is 19.2 Å². The number of hydrogen-bond acceptors (Lipinski definition) is 5. The lowest BCUT2D eigenvalue weighted by molar-refractivity contribution is -0.192. The number of carbonyl (C=O) groups is 2. The molecule has 1 atom stereocenters. The number of halogens is 3. The van der Waals surface area contributed by atoms with E-state index in [0.717, 1.165) is 44.2 Å². The standard InChI is InChI=1S/C20H30N2O3.C2HF3O2/c1-24-15-17-6-7-20(22(17)14-16-4-5-16)8-10-21(11-9-20)19(23)13-18-3-2-12-25-18;3-2(4,5)1(6)7/h2-3,12,16-17H,4-11,13-15H2,1H3;(H,6,7). The molecular formula is C22H31F3N2O5. The number of rotatable bonds is 6. The summed E-state index contributed by atoms with van der Waals surface area (Å²) < 4.78 is 42.6. The van der Waals surface area contributed by atoms with Gasteiger partial charge in [0.25, 0.3) is 0 Å². The molecule has 1 spiro atoms. The third kappa shape index (κ3) is 6.25. The number of likely N-dealkylation sites (tertiary alicyclic amines) is 2. The van der Waals surface area contributed by atoms with E-state index in [1.165, 1.54) is 32.2 Å². The number of piperidine rings is 1. The zero-order valence-corrected chi connectivity index (χ0v) is 18.3. The number of carboxylic acids is 1. The minimum atomic E-state index is -5.08. The average Bonchev–Trinajstić information content (AvgIpc) is 3.32. The van der Waals surface area contributed by atoms with Gasteiger partial charge in [-0.25, -0.2) is 4.79 Å². The minimum Gasteiger partial charge on any atom is -0.475 e. The van der Waals surface area contributed by atoms with Crippen molar-refractivity contribution < 1.29 is 37.0 Å². The molecule has 3 heterocycles. The van der Waals surface area contributed by atoms with Crippen molar-refractivity contribution >= 4 is 11.9 Å². The molecule has 1 aromatic heterocycles. The van der Waals surface area contributed by atoms with E-state index in [1.807, 2.05) is 24.1 Å². The van der Waals surface area contributed by atoms with Crippen molar-refractivity contribution in [3.63, 3.8) is 0 Å². The summed E-state index contributed by atoms with van der Waals surface area (Å²) >= 11 is 0. The molecule has 4 rings (SSSR count). The Hall–Kier alpha value is -2.07. The molecule has 1 aliphatic carbocycles. The first-order valence-electron chi connectivity index (χ1n) is 11.0. The van der Waals surface area contributed by atoms with Gasteiger partial charge in [0, 0.05) is 38.3 Å². The summed E-state index contributed by atoms with van der Waals surface area (Å²) in [7, 11) is 1.82. The Bertz CT molecular complexity index is 756. The Morgan fingerprint density at radius 3 is 2.38 bits per heavy atom. The van der Waals surface area contributed by atoms with Crippen LogP contribution in [0, 0.1) is 5.92 Å². The number of aliphatic carboxylic acids is 1. The SMILES string of the molecule is COCC1CCC2(CCN(C(=O)Cc3ccco3)CC2)N1CC1CC1.O=C(O)C(F)(F)F. The fourth-order valence-electron chi connectivity index (χ4n) is 4.79. The van der Waals surface area contributed by atoms with E-state index in [9.17, 15) is 18.0 Å². The summed E-state index contributed by atoms with van der Waals surface area (Å²) in [6, 6.07) is 4.29. The number of alkyl halides is 3. The van der Waals surface area contributed by atoms with Gasteiger partial charge in [-0.3, -0.25) is 9.69 Å². The van der Waals surface area contributed by atoms with Crippen LogP contribution >= 0.6 is 0 Å². The van der Waals surface area contributed by atoms with Gasteiger partial charge in [-0.15, -0.1) is 0 Å². The van der Waals surface area contributed by atoms with Gasteiger partial charge in [0.2, 0.25) is 5.91 Å². The molecule has 1 unspecified atom stereocenters. The van der Waals surface area contributed by atoms with Crippen molar-refractivity contribution in [2.75, 3.05) is 33.4 Å². The smallest absolute Gasteiger partial charge is 0.475 e. The molecule has 180 valence electrons. The first-order valence-corrected chi connectivity index (χ1v) is 11.0. The minimum absolute atomic E-state index is 0.199. The van der Waals surface area contributed by atoms with E-state index in [0.29, 0.717) is 18.0 Å². The molecule has 3 fully saturated rings. The quantitative estimate of drug-likeness (QED) is 0.701. The first kappa shape index (κ1) is 24.6. The summed E-state index contributed by atoms with van der Waals surface area (Å²) in [6.45, 7) is 3.82. The summed E-state index contributed by atoms with van der Waals surface area (Å²) in [6.07, 6.45) is 4.42. The van der Waals surface area contributed by atoms with Gasteiger partial charge in [0.05, 0.1) is 19.3 Å². The number of amides is 1. The van der Waals surface area contributed by atoms with Gasteiger partial charge in [-0.1, -0.05) is 0 Å². The molecular weight excluding hydrogens is 429 g/mol. The molecule has 1 amide bonds. The lowest BCUT2D eigenvalue weighted by Gasteiger charge is -2.46. The topological polar surface area (TPSA) is 83.2 Å². The molecule has 7 nitrogen and oxygen atoms in total. The van der Waals surface area contributed by atoms with Crippen LogP contribution in [0.4, 0.5) is 13.2 Å². The van der Waals surface area contributed by atoms with E-state index in [2.05, 4.69) is 4.90 Å². The van der Waals surface area contributed by atoms with Gasteiger partial charge in [-0.05, 0) is 56.6 Å². The predicted molar refractivity (Wildman–Crippen MR) is 109 cm³/mol. The molecule has 32 heavy (non-hydrogen) atoms. The van der Waals surface area contributed by atoms with Gasteiger partial charge in [0.15, 0.2) is 0 Å². The number of methoxy groups -OCH3 is 1. The van der Waals surface area contributed by atoms with Crippen molar-refractivity contribution in [1.29, 1.82) is 0 Å². The lowest BCUT2D eigenvalue weighted by Crippen LogP contribution is -2.56. The zero-order valence-electron chi connectivity index (χ0n) is 18.3. The molecule has 1 aromatic rings. The van der Waals surface area contributed by atoms with Gasteiger partial charge in [-0.2, -0.15) is 13.2 Å². The summed E-state index contributed by atoms with van der Waals surface area (Å²) in [4.78, 5) is 26.2. The maximum absolute atomic E-state index is 12.5. The van der Waals surface area contributed by atoms with Crippen LogP contribution in [0.2, 0.25) is 0 Å². The van der Waals surface area contributed by atoms with Crippen LogP contribution in [0.15, 0.2) is 22.8 Å². The van der Waals surface area contributed by atoms with Crippen molar-refractivity contribution in [2.45, 2.75) is 62.7 Å². The summed E-state index contributed by atoms with van der Waals surface area (Å²) in [5, 5.41) is 7.12. The van der Waals surface area contributed by atoms with Crippen LogP contribution in [0.3, 0.4) is 0 Å². The third-order valence-electron chi connectivity index (χ3n) is 6.70.